The number of nitrogens with zero attached hydrogens (tertiary/aromatic N) is 5. The number of carbonyl (C=O) groups excluding carboxylic acids is 2. The van der Waals surface area contributed by atoms with Gasteiger partial charge in [0, 0.05) is 17.7 Å². The molecule has 0 unspecified atom stereocenters. The van der Waals surface area contributed by atoms with Crippen LogP contribution in [0.4, 0.5) is 5.69 Å². The van der Waals surface area contributed by atoms with Gasteiger partial charge >= 0.3 is 0 Å². The van der Waals surface area contributed by atoms with Crippen LogP contribution in [0.25, 0.3) is 5.69 Å². The molecule has 13 heteroatoms. The molecule has 38 heavy (non-hydrogen) atoms. The van der Waals surface area contributed by atoms with Crippen molar-refractivity contribution >= 4 is 52.5 Å². The molecule has 4 aromatic rings. The van der Waals surface area contributed by atoms with Gasteiger partial charge in [0.15, 0.2) is 6.20 Å². The van der Waals surface area contributed by atoms with Crippen molar-refractivity contribution < 1.29 is 14.3 Å². The van der Waals surface area contributed by atoms with Crippen LogP contribution >= 0.6 is 35.0 Å². The molecular weight excluding hydrogens is 549 g/mol. The molecule has 1 aliphatic rings. The molecule has 10 nitrogen and oxygen atoms in total. The summed E-state index contributed by atoms with van der Waals surface area (Å²) >= 11 is 13.9. The molecule has 0 bridgehead atoms. The van der Waals surface area contributed by atoms with E-state index < -0.39 is 5.91 Å². The molecule has 2 aromatic carbocycles. The average Bonchev–Trinajstić information content (AvgIpc) is 3.66. The minimum absolute atomic E-state index is 0.0169. The van der Waals surface area contributed by atoms with Gasteiger partial charge in [-0.05, 0) is 71.1 Å². The largest absolute Gasteiger partial charge is 0.618 e. The van der Waals surface area contributed by atoms with Gasteiger partial charge in [0.25, 0.3) is 5.91 Å². The van der Waals surface area contributed by atoms with Crippen LogP contribution in [0.5, 0.6) is 0 Å². The lowest BCUT2D eigenvalue weighted by Crippen LogP contribution is -2.35. The van der Waals surface area contributed by atoms with Crippen molar-refractivity contribution in [1.82, 2.24) is 25.5 Å². The van der Waals surface area contributed by atoms with Crippen molar-refractivity contribution in [2.24, 2.45) is 0 Å². The van der Waals surface area contributed by atoms with E-state index in [0.717, 1.165) is 11.8 Å². The maximum atomic E-state index is 12.6. The van der Waals surface area contributed by atoms with E-state index in [9.17, 15) is 14.8 Å². The molecule has 0 aliphatic heterocycles. The Morgan fingerprint density at radius 3 is 2.68 bits per heavy atom. The first kappa shape index (κ1) is 26.0. The summed E-state index contributed by atoms with van der Waals surface area (Å²) in [6.45, 7) is 0.0614. The third kappa shape index (κ3) is 6.07. The lowest BCUT2D eigenvalue weighted by Gasteiger charge is -2.10. The molecule has 5 rings (SSSR count). The number of anilines is 1. The highest BCUT2D eigenvalue weighted by atomic mass is 35.5. The third-order valence-corrected chi connectivity index (χ3v) is 7.40. The van der Waals surface area contributed by atoms with Crippen molar-refractivity contribution in [3.8, 4) is 5.69 Å². The number of rotatable bonds is 9. The normalized spacial score (nSPS) is 12.8. The van der Waals surface area contributed by atoms with Gasteiger partial charge < -0.3 is 15.8 Å². The second-order valence-corrected chi connectivity index (χ2v) is 10.3. The zero-order valence-corrected chi connectivity index (χ0v) is 22.1. The number of nitrogens with one attached hydrogen (secondary N) is 2. The zero-order chi connectivity index (χ0) is 26.6. The van der Waals surface area contributed by atoms with Gasteiger partial charge in [-0.3, -0.25) is 9.59 Å². The van der Waals surface area contributed by atoms with Crippen LogP contribution in [0, 0.1) is 5.21 Å². The summed E-state index contributed by atoms with van der Waals surface area (Å²) in [6, 6.07) is 15.3. The fraction of sp³-hybridized carbons (Fsp3) is 0.200. The Hall–Kier alpha value is -3.67. The first-order valence-electron chi connectivity index (χ1n) is 11.6. The third-order valence-electron chi connectivity index (χ3n) is 5.86. The highest BCUT2D eigenvalue weighted by Gasteiger charge is 2.24. The van der Waals surface area contributed by atoms with Crippen molar-refractivity contribution in [3.05, 3.63) is 92.9 Å². The van der Waals surface area contributed by atoms with E-state index in [0.29, 0.717) is 43.5 Å². The Bertz CT molecular complexity index is 1510. The highest BCUT2D eigenvalue weighted by molar-refractivity contribution is 7.99. The van der Waals surface area contributed by atoms with E-state index in [2.05, 4.69) is 26.2 Å². The number of pyridine rings is 1. The molecule has 1 fully saturated rings. The minimum Gasteiger partial charge on any atom is -0.618 e. The number of amides is 2. The van der Waals surface area contributed by atoms with Crippen LogP contribution in [-0.2, 0) is 11.3 Å². The molecule has 0 spiro atoms. The summed E-state index contributed by atoms with van der Waals surface area (Å²) in [5.74, 6) is -0.144. The fourth-order valence-electron chi connectivity index (χ4n) is 3.73. The van der Waals surface area contributed by atoms with E-state index >= 15 is 0 Å². The molecule has 1 aliphatic carbocycles. The van der Waals surface area contributed by atoms with E-state index in [-0.39, 0.29) is 23.2 Å². The smallest absolute Gasteiger partial charge is 0.251 e. The quantitative estimate of drug-likeness (QED) is 0.176. The average molecular weight is 570 g/mol. The predicted octanol–water partition coefficient (Wildman–Crippen LogP) is 4.14. The first-order chi connectivity index (χ1) is 18.4. The molecule has 0 saturated heterocycles. The lowest BCUT2D eigenvalue weighted by molar-refractivity contribution is -0.614. The maximum Gasteiger partial charge on any atom is 0.251 e. The number of hydrogen-bond acceptors (Lipinski definition) is 7. The second kappa shape index (κ2) is 11.4. The van der Waals surface area contributed by atoms with Gasteiger partial charge in [-0.15, -0.1) is 5.10 Å². The monoisotopic (exact) mass is 569 g/mol. The SMILES string of the molecule is O=C(CSc1nnnn1-c1ccc(C2CC2)cc1Cl)Nc1ccc(C(=O)NCc2cccc[n+]2[O-])cc1Cl. The van der Waals surface area contributed by atoms with Gasteiger partial charge in [-0.25, -0.2) is 0 Å². The number of aromatic nitrogens is 5. The molecule has 2 amide bonds. The van der Waals surface area contributed by atoms with Crippen LogP contribution in [0.1, 0.15) is 40.4 Å². The van der Waals surface area contributed by atoms with Gasteiger partial charge in [0.2, 0.25) is 16.8 Å². The summed E-state index contributed by atoms with van der Waals surface area (Å²) < 4.78 is 2.18. The second-order valence-electron chi connectivity index (χ2n) is 8.59. The summed E-state index contributed by atoms with van der Waals surface area (Å²) in [5, 5.41) is 30.0. The van der Waals surface area contributed by atoms with Gasteiger partial charge in [0.05, 0.1) is 27.2 Å². The van der Waals surface area contributed by atoms with Gasteiger partial charge in [-0.1, -0.05) is 41.0 Å². The van der Waals surface area contributed by atoms with Crippen molar-refractivity contribution in [2.45, 2.75) is 30.5 Å². The summed E-state index contributed by atoms with van der Waals surface area (Å²) in [5.41, 5.74) is 2.88. The molecule has 1 saturated carbocycles. The van der Waals surface area contributed by atoms with Gasteiger partial charge in [-0.2, -0.15) is 9.41 Å². The van der Waals surface area contributed by atoms with Gasteiger partial charge in [0.1, 0.15) is 6.54 Å². The maximum absolute atomic E-state index is 12.6. The molecular formula is C25H21Cl2N7O3S. The minimum atomic E-state index is -0.403. The number of halogens is 2. The van der Waals surface area contributed by atoms with Crippen LogP contribution in [-0.4, -0.2) is 37.8 Å². The number of benzene rings is 2. The lowest BCUT2D eigenvalue weighted by atomic mass is 10.1. The number of thioether (sulfide) groups is 1. The zero-order valence-electron chi connectivity index (χ0n) is 19.8. The number of carbonyl (C=O) groups is 2. The summed E-state index contributed by atoms with van der Waals surface area (Å²) in [4.78, 5) is 25.1. The highest BCUT2D eigenvalue weighted by Crippen LogP contribution is 2.41. The number of tetrazole rings is 1. The van der Waals surface area contributed by atoms with Crippen molar-refractivity contribution in [3.63, 3.8) is 0 Å². The Kier molecular flexibility index (Phi) is 7.77. The standard InChI is InChI=1S/C25H21Cl2N7O3S/c26-19-12-17(24(36)28-13-18-3-1-2-10-33(18)37)6-8-21(19)29-23(35)14-38-25-30-31-32-34(25)22-9-7-16(11-20(22)27)15-4-5-15/h1-3,6-12,15H,4-5,13-14H2,(H,28,36)(H,29,35). The Labute approximate surface area is 231 Å². The van der Waals surface area contributed by atoms with E-state index in [4.69, 9.17) is 23.2 Å². The fourth-order valence-corrected chi connectivity index (χ4v) is 4.91. The van der Waals surface area contributed by atoms with Crippen LogP contribution in [0.15, 0.2) is 66.0 Å². The summed E-state index contributed by atoms with van der Waals surface area (Å²) in [6.07, 6.45) is 3.71. The first-order valence-corrected chi connectivity index (χ1v) is 13.4. The summed E-state index contributed by atoms with van der Waals surface area (Å²) in [7, 11) is 0. The molecule has 0 atom stereocenters. The molecule has 2 N–H and O–H groups in total. The predicted molar refractivity (Wildman–Crippen MR) is 144 cm³/mol. The topological polar surface area (TPSA) is 129 Å². The Morgan fingerprint density at radius 1 is 1.11 bits per heavy atom. The van der Waals surface area contributed by atoms with E-state index in [1.165, 1.54) is 41.4 Å². The van der Waals surface area contributed by atoms with Crippen LogP contribution in [0.3, 0.4) is 0 Å². The Morgan fingerprint density at radius 2 is 1.95 bits per heavy atom. The molecule has 0 radical (unpaired) electrons. The Balaban J connectivity index is 1.17. The molecule has 2 heterocycles. The molecule has 194 valence electrons. The van der Waals surface area contributed by atoms with E-state index in [1.807, 2.05) is 18.2 Å². The van der Waals surface area contributed by atoms with Crippen molar-refractivity contribution in [1.29, 1.82) is 0 Å². The van der Waals surface area contributed by atoms with Crippen LogP contribution < -0.4 is 15.4 Å². The van der Waals surface area contributed by atoms with Crippen LogP contribution in [0.2, 0.25) is 10.0 Å². The number of hydrogen-bond donors (Lipinski definition) is 2. The van der Waals surface area contributed by atoms with E-state index in [1.54, 1.807) is 24.3 Å². The van der Waals surface area contributed by atoms with Crippen molar-refractivity contribution in [2.75, 3.05) is 11.1 Å². The molecule has 2 aromatic heterocycles.